The maximum Gasteiger partial charge on any atom is 0.263 e. The lowest BCUT2D eigenvalue weighted by Crippen LogP contribution is -2.43. The van der Waals surface area contributed by atoms with E-state index in [-0.39, 0.29) is 11.8 Å². The highest BCUT2D eigenvalue weighted by Crippen LogP contribution is 2.31. The summed E-state index contributed by atoms with van der Waals surface area (Å²) in [6.07, 6.45) is 4.16. The van der Waals surface area contributed by atoms with Gasteiger partial charge in [-0.05, 0) is 30.9 Å². The smallest absolute Gasteiger partial charge is 0.263 e. The molecule has 1 amide bonds. The zero-order chi connectivity index (χ0) is 13.4. The van der Waals surface area contributed by atoms with Crippen LogP contribution >= 0.6 is 11.3 Å². The van der Waals surface area contributed by atoms with Crippen LogP contribution in [0.1, 0.15) is 39.9 Å². The number of piperidine rings is 1. The summed E-state index contributed by atoms with van der Waals surface area (Å²) in [5, 5.41) is 12.2. The first-order valence-electron chi connectivity index (χ1n) is 6.80. The van der Waals surface area contributed by atoms with Crippen molar-refractivity contribution in [3.8, 4) is 0 Å². The number of thiophene rings is 1. The van der Waals surface area contributed by atoms with E-state index in [2.05, 4.69) is 11.2 Å². The molecule has 0 aromatic carbocycles. The van der Waals surface area contributed by atoms with Gasteiger partial charge in [0.25, 0.3) is 5.91 Å². The Hall–Kier alpha value is -1.36. The molecular weight excluding hydrogens is 260 g/mol. The summed E-state index contributed by atoms with van der Waals surface area (Å²) in [6, 6.07) is 2.08. The molecule has 5 heteroatoms. The van der Waals surface area contributed by atoms with E-state index in [0.717, 1.165) is 23.4 Å². The SMILES string of the molecule is CC1CN(C(=O)c2cc3c(s2)CCC3)CCC1=NO. The first-order valence-corrected chi connectivity index (χ1v) is 7.62. The minimum absolute atomic E-state index is 0.142. The molecule has 1 saturated heterocycles. The summed E-state index contributed by atoms with van der Waals surface area (Å²) in [7, 11) is 0. The molecule has 102 valence electrons. The van der Waals surface area contributed by atoms with Crippen molar-refractivity contribution in [1.82, 2.24) is 4.90 Å². The predicted molar refractivity (Wildman–Crippen MR) is 75.3 cm³/mol. The van der Waals surface area contributed by atoms with Crippen LogP contribution in [0.25, 0.3) is 0 Å². The number of aryl methyl sites for hydroxylation is 2. The molecule has 2 heterocycles. The van der Waals surface area contributed by atoms with Gasteiger partial charge in [0.2, 0.25) is 0 Å². The Morgan fingerprint density at radius 3 is 3.00 bits per heavy atom. The second-order valence-electron chi connectivity index (χ2n) is 5.41. The van der Waals surface area contributed by atoms with Crippen LogP contribution in [0.15, 0.2) is 11.2 Å². The van der Waals surface area contributed by atoms with Gasteiger partial charge in [-0.2, -0.15) is 0 Å². The Labute approximate surface area is 116 Å². The Bertz CT molecular complexity index is 514. The topological polar surface area (TPSA) is 52.9 Å². The number of hydrogen-bond acceptors (Lipinski definition) is 4. The van der Waals surface area contributed by atoms with E-state index in [1.165, 1.54) is 16.9 Å². The third-order valence-corrected chi connectivity index (χ3v) is 5.30. The number of fused-ring (bicyclic) bond motifs is 1. The van der Waals surface area contributed by atoms with Crippen LogP contribution in [0.3, 0.4) is 0 Å². The van der Waals surface area contributed by atoms with E-state index in [1.807, 2.05) is 11.8 Å². The highest BCUT2D eigenvalue weighted by molar-refractivity contribution is 7.14. The van der Waals surface area contributed by atoms with Gasteiger partial charge in [0.15, 0.2) is 0 Å². The molecular formula is C14H18N2O2S. The number of likely N-dealkylation sites (tertiary alicyclic amines) is 1. The Kier molecular flexibility index (Phi) is 3.31. The molecule has 0 bridgehead atoms. The third kappa shape index (κ3) is 2.27. The van der Waals surface area contributed by atoms with Gasteiger partial charge < -0.3 is 10.1 Å². The number of oxime groups is 1. The fourth-order valence-electron chi connectivity index (χ4n) is 2.95. The number of nitrogens with zero attached hydrogens (tertiary/aromatic N) is 2. The van der Waals surface area contributed by atoms with E-state index in [1.54, 1.807) is 11.3 Å². The van der Waals surface area contributed by atoms with E-state index in [4.69, 9.17) is 5.21 Å². The molecule has 1 aliphatic heterocycles. The number of rotatable bonds is 1. The monoisotopic (exact) mass is 278 g/mol. The zero-order valence-corrected chi connectivity index (χ0v) is 11.9. The number of hydrogen-bond donors (Lipinski definition) is 1. The predicted octanol–water partition coefficient (Wildman–Crippen LogP) is 2.55. The van der Waals surface area contributed by atoms with Crippen molar-refractivity contribution in [3.05, 3.63) is 21.4 Å². The highest BCUT2D eigenvalue weighted by Gasteiger charge is 2.28. The van der Waals surface area contributed by atoms with Gasteiger partial charge in [0, 0.05) is 30.3 Å². The second kappa shape index (κ2) is 4.96. The van der Waals surface area contributed by atoms with Crippen molar-refractivity contribution in [2.24, 2.45) is 11.1 Å². The summed E-state index contributed by atoms with van der Waals surface area (Å²) in [5.74, 6) is 0.290. The summed E-state index contributed by atoms with van der Waals surface area (Å²) in [5.41, 5.74) is 2.17. The van der Waals surface area contributed by atoms with Crippen molar-refractivity contribution in [3.63, 3.8) is 0 Å². The Balaban J connectivity index is 1.74. The van der Waals surface area contributed by atoms with Gasteiger partial charge in [-0.25, -0.2) is 0 Å². The lowest BCUT2D eigenvalue weighted by molar-refractivity contribution is 0.0739. The van der Waals surface area contributed by atoms with Crippen LogP contribution < -0.4 is 0 Å². The van der Waals surface area contributed by atoms with Crippen LogP contribution in [0.2, 0.25) is 0 Å². The lowest BCUT2D eigenvalue weighted by Gasteiger charge is -2.31. The van der Waals surface area contributed by atoms with Crippen molar-refractivity contribution in [1.29, 1.82) is 0 Å². The molecule has 3 rings (SSSR count). The van der Waals surface area contributed by atoms with Gasteiger partial charge in [0.1, 0.15) is 0 Å². The summed E-state index contributed by atoms with van der Waals surface area (Å²) in [6.45, 7) is 3.31. The molecule has 1 aliphatic carbocycles. The van der Waals surface area contributed by atoms with Gasteiger partial charge in [-0.15, -0.1) is 11.3 Å². The zero-order valence-electron chi connectivity index (χ0n) is 11.1. The molecule has 1 unspecified atom stereocenters. The molecule has 0 radical (unpaired) electrons. The number of carbonyl (C=O) groups is 1. The van der Waals surface area contributed by atoms with Crippen molar-refractivity contribution in [2.45, 2.75) is 32.6 Å². The molecule has 0 saturated carbocycles. The Morgan fingerprint density at radius 2 is 2.32 bits per heavy atom. The largest absolute Gasteiger partial charge is 0.411 e. The fraction of sp³-hybridized carbons (Fsp3) is 0.571. The maximum atomic E-state index is 12.5. The van der Waals surface area contributed by atoms with Gasteiger partial charge in [-0.3, -0.25) is 4.79 Å². The first kappa shape index (κ1) is 12.7. The van der Waals surface area contributed by atoms with Gasteiger partial charge >= 0.3 is 0 Å². The van der Waals surface area contributed by atoms with Crippen LogP contribution in [-0.2, 0) is 12.8 Å². The van der Waals surface area contributed by atoms with Crippen LogP contribution in [0.4, 0.5) is 0 Å². The van der Waals surface area contributed by atoms with Gasteiger partial charge in [0.05, 0.1) is 10.6 Å². The average Bonchev–Trinajstić information content (AvgIpc) is 2.98. The van der Waals surface area contributed by atoms with E-state index in [0.29, 0.717) is 19.5 Å². The summed E-state index contributed by atoms with van der Waals surface area (Å²) < 4.78 is 0. The van der Waals surface area contributed by atoms with E-state index < -0.39 is 0 Å². The standard InChI is InChI=1S/C14H18N2O2S/c1-9-8-16(6-5-11(9)15-18)14(17)13-7-10-3-2-4-12(10)19-13/h7,9,18H,2-6,8H2,1H3. The Morgan fingerprint density at radius 1 is 1.47 bits per heavy atom. The molecule has 1 fully saturated rings. The van der Waals surface area contributed by atoms with Crippen LogP contribution in [0.5, 0.6) is 0 Å². The molecule has 1 aromatic rings. The molecule has 1 atom stereocenters. The summed E-state index contributed by atoms with van der Waals surface area (Å²) in [4.78, 5) is 16.6. The van der Waals surface area contributed by atoms with Crippen molar-refractivity contribution in [2.75, 3.05) is 13.1 Å². The number of amides is 1. The van der Waals surface area contributed by atoms with Crippen molar-refractivity contribution < 1.29 is 10.0 Å². The lowest BCUT2D eigenvalue weighted by atomic mass is 9.97. The molecule has 1 N–H and O–H groups in total. The summed E-state index contributed by atoms with van der Waals surface area (Å²) >= 11 is 1.66. The molecule has 1 aromatic heterocycles. The minimum atomic E-state index is 0.142. The van der Waals surface area contributed by atoms with Crippen LogP contribution in [-0.4, -0.2) is 34.8 Å². The number of carbonyl (C=O) groups excluding carboxylic acids is 1. The molecule has 2 aliphatic rings. The molecule has 4 nitrogen and oxygen atoms in total. The highest BCUT2D eigenvalue weighted by atomic mass is 32.1. The minimum Gasteiger partial charge on any atom is -0.411 e. The van der Waals surface area contributed by atoms with Crippen LogP contribution in [0, 0.1) is 5.92 Å². The van der Waals surface area contributed by atoms with Crippen molar-refractivity contribution >= 4 is 23.0 Å². The van der Waals surface area contributed by atoms with E-state index >= 15 is 0 Å². The molecule has 0 spiro atoms. The van der Waals surface area contributed by atoms with E-state index in [9.17, 15) is 4.79 Å². The maximum absolute atomic E-state index is 12.5. The second-order valence-corrected chi connectivity index (χ2v) is 6.54. The van der Waals surface area contributed by atoms with Gasteiger partial charge in [-0.1, -0.05) is 12.1 Å². The first-order chi connectivity index (χ1) is 9.19. The third-order valence-electron chi connectivity index (χ3n) is 4.07. The average molecular weight is 278 g/mol. The quantitative estimate of drug-likeness (QED) is 0.634. The fourth-order valence-corrected chi connectivity index (χ4v) is 4.17. The molecule has 19 heavy (non-hydrogen) atoms. The normalized spacial score (nSPS) is 24.8.